The molecule has 1 N–H and O–H groups in total. The summed E-state index contributed by atoms with van der Waals surface area (Å²) in [6, 6.07) is 3.87. The monoisotopic (exact) mass is 385 g/mol. The van der Waals surface area contributed by atoms with Crippen molar-refractivity contribution in [2.24, 2.45) is 17.8 Å². The Kier molecular flexibility index (Phi) is 4.49. The van der Waals surface area contributed by atoms with Crippen molar-refractivity contribution in [3.8, 4) is 5.75 Å². The summed E-state index contributed by atoms with van der Waals surface area (Å²) in [5.74, 6) is 2.30. The van der Waals surface area contributed by atoms with Crippen molar-refractivity contribution in [3.05, 3.63) is 28.8 Å². The topological polar surface area (TPSA) is 46.5 Å². The third kappa shape index (κ3) is 3.24. The smallest absolute Gasteiger partial charge is 0.339 e. The maximum atomic E-state index is 12.1. The molecule has 4 fully saturated rings. The third-order valence-electron chi connectivity index (χ3n) is 7.07. The molecule has 1 aromatic carbocycles. The molecule has 3 nitrogen and oxygen atoms in total. The van der Waals surface area contributed by atoms with Gasteiger partial charge in [0.2, 0.25) is 0 Å². The molecule has 0 heterocycles. The lowest BCUT2D eigenvalue weighted by molar-refractivity contribution is -0.00662. The van der Waals surface area contributed by atoms with Crippen LogP contribution in [-0.2, 0) is 10.8 Å². The first kappa shape index (κ1) is 19.0. The van der Waals surface area contributed by atoms with Gasteiger partial charge >= 0.3 is 5.97 Å². The van der Waals surface area contributed by atoms with Crippen LogP contribution in [0.15, 0.2) is 12.1 Å². The average Bonchev–Trinajstić information content (AvgIpc) is 2.51. The first-order valence-corrected chi connectivity index (χ1v) is 12.9. The van der Waals surface area contributed by atoms with Crippen LogP contribution in [0, 0.1) is 17.8 Å². The molecule has 0 saturated heterocycles. The molecule has 1 aromatic rings. The minimum atomic E-state index is -1.06. The summed E-state index contributed by atoms with van der Waals surface area (Å²) in [5, 5.41) is 9.91. The second-order valence-corrected chi connectivity index (χ2v) is 12.6. The number of carboxylic acid groups (broad SMARTS) is 1. The zero-order chi connectivity index (χ0) is 19.6. The van der Waals surface area contributed by atoms with Gasteiger partial charge in [-0.2, -0.15) is 0 Å². The van der Waals surface area contributed by atoms with E-state index >= 15 is 0 Å². The van der Waals surface area contributed by atoms with Crippen molar-refractivity contribution in [2.75, 3.05) is 0 Å². The van der Waals surface area contributed by atoms with Crippen molar-refractivity contribution in [2.45, 2.75) is 83.2 Å². The van der Waals surface area contributed by atoms with Crippen LogP contribution in [-0.4, -0.2) is 20.1 Å². The first-order valence-electron chi connectivity index (χ1n) is 10.5. The Morgan fingerprint density at radius 1 is 1.07 bits per heavy atom. The number of hydrogen-bond donors (Lipinski definition) is 1. The summed E-state index contributed by atoms with van der Waals surface area (Å²) >= 11 is 0. The van der Waals surface area contributed by atoms with Crippen molar-refractivity contribution >= 4 is 15.0 Å². The van der Waals surface area contributed by atoms with Crippen molar-refractivity contribution in [1.82, 2.24) is 0 Å². The van der Waals surface area contributed by atoms with Crippen molar-refractivity contribution in [1.29, 1.82) is 0 Å². The summed E-state index contributed by atoms with van der Waals surface area (Å²) in [6.45, 7) is 11.0. The van der Waals surface area contributed by atoms with Gasteiger partial charge in [-0.05, 0) is 86.4 Å². The van der Waals surface area contributed by atoms with Crippen molar-refractivity contribution < 1.29 is 14.3 Å². The predicted octanol–water partition coefficient (Wildman–Crippen LogP) is 5.78. The van der Waals surface area contributed by atoms with Crippen molar-refractivity contribution in [3.63, 3.8) is 0 Å². The molecule has 27 heavy (non-hydrogen) atoms. The summed E-state index contributed by atoms with van der Waals surface area (Å²) in [4.78, 5) is 12.1. The van der Waals surface area contributed by atoms with Crippen LogP contribution in [0.3, 0.4) is 0 Å². The van der Waals surface area contributed by atoms with Crippen LogP contribution in [0.1, 0.15) is 80.8 Å². The Labute approximate surface area is 165 Å². The van der Waals surface area contributed by atoms with Crippen LogP contribution in [0.2, 0.25) is 13.1 Å². The molecule has 0 spiro atoms. The molecule has 1 radical (unpaired) electrons. The molecule has 4 saturated carbocycles. The van der Waals surface area contributed by atoms with Gasteiger partial charge in [0, 0.05) is 11.0 Å². The fourth-order valence-electron chi connectivity index (χ4n) is 6.63. The van der Waals surface area contributed by atoms with Gasteiger partial charge in [-0.15, -0.1) is 0 Å². The van der Waals surface area contributed by atoms with Gasteiger partial charge in [0.15, 0.2) is 0 Å². The van der Waals surface area contributed by atoms with E-state index in [4.69, 9.17) is 4.43 Å². The molecule has 0 aliphatic heterocycles. The van der Waals surface area contributed by atoms with Gasteiger partial charge in [-0.3, -0.25) is 0 Å². The van der Waals surface area contributed by atoms with Crippen LogP contribution in [0.5, 0.6) is 5.75 Å². The number of aromatic carboxylic acids is 1. The summed E-state index contributed by atoms with van der Waals surface area (Å²) in [7, 11) is -1.06. The molecule has 0 amide bonds. The molecule has 4 aliphatic rings. The number of carboxylic acids is 1. The number of benzene rings is 1. The maximum Gasteiger partial charge on any atom is 0.339 e. The van der Waals surface area contributed by atoms with Gasteiger partial charge in [0.1, 0.15) is 11.3 Å². The molecule has 0 unspecified atom stereocenters. The van der Waals surface area contributed by atoms with E-state index in [1.165, 1.54) is 49.7 Å². The molecule has 5 rings (SSSR count). The quantitative estimate of drug-likeness (QED) is 0.668. The Morgan fingerprint density at radius 3 is 2.00 bits per heavy atom. The largest absolute Gasteiger partial charge is 0.542 e. The highest BCUT2D eigenvalue weighted by Crippen LogP contribution is 2.63. The van der Waals surface area contributed by atoms with E-state index in [1.807, 2.05) is 0 Å². The van der Waals surface area contributed by atoms with E-state index in [1.54, 1.807) is 6.07 Å². The molecule has 147 valence electrons. The predicted molar refractivity (Wildman–Crippen MR) is 110 cm³/mol. The zero-order valence-corrected chi connectivity index (χ0v) is 18.4. The second-order valence-electron chi connectivity index (χ2n) is 10.6. The van der Waals surface area contributed by atoms with Gasteiger partial charge < -0.3 is 9.53 Å². The van der Waals surface area contributed by atoms with Crippen LogP contribution in [0.4, 0.5) is 0 Å². The normalized spacial score (nSPS) is 32.1. The Hall–Kier alpha value is -1.29. The number of carbonyl (C=O) groups is 1. The molecule has 4 aliphatic carbocycles. The molecular weight excluding hydrogens is 352 g/mol. The number of rotatable bonds is 4. The SMILES string of the molecule is C[Si](C)Oc1c(C(=O)O)ccc(C(C)(C)C)c1C12CC3CC(CC(C3)C1)C2. The Bertz CT molecular complexity index is 724. The van der Waals surface area contributed by atoms with Gasteiger partial charge in [-0.1, -0.05) is 26.8 Å². The van der Waals surface area contributed by atoms with Gasteiger partial charge in [0.25, 0.3) is 9.04 Å². The van der Waals surface area contributed by atoms with Crippen LogP contribution < -0.4 is 4.43 Å². The molecule has 0 aromatic heterocycles. The minimum Gasteiger partial charge on any atom is -0.542 e. The Morgan fingerprint density at radius 2 is 1.59 bits per heavy atom. The molecule has 4 heteroatoms. The summed E-state index contributed by atoms with van der Waals surface area (Å²) in [5.41, 5.74) is 3.02. The van der Waals surface area contributed by atoms with Crippen LogP contribution >= 0.6 is 0 Å². The van der Waals surface area contributed by atoms with E-state index in [2.05, 4.69) is 39.9 Å². The lowest BCUT2D eigenvalue weighted by Crippen LogP contribution is -2.49. The van der Waals surface area contributed by atoms with Crippen LogP contribution in [0.25, 0.3) is 0 Å². The zero-order valence-electron chi connectivity index (χ0n) is 17.4. The minimum absolute atomic E-state index is 0.0256. The third-order valence-corrected chi connectivity index (χ3v) is 7.68. The summed E-state index contributed by atoms with van der Waals surface area (Å²) < 4.78 is 6.38. The van der Waals surface area contributed by atoms with E-state index in [0.29, 0.717) is 11.3 Å². The lowest BCUT2D eigenvalue weighted by atomic mass is 9.47. The van der Waals surface area contributed by atoms with Gasteiger partial charge in [-0.25, -0.2) is 4.79 Å². The fourth-order valence-corrected chi connectivity index (χ4v) is 7.25. The maximum absolute atomic E-state index is 12.1. The highest BCUT2D eigenvalue weighted by atomic mass is 28.3. The van der Waals surface area contributed by atoms with Gasteiger partial charge in [0.05, 0.1) is 0 Å². The average molecular weight is 386 g/mol. The first-order chi connectivity index (χ1) is 12.6. The lowest BCUT2D eigenvalue weighted by Gasteiger charge is -2.58. The Balaban J connectivity index is 1.96. The highest BCUT2D eigenvalue weighted by Gasteiger charge is 2.54. The van der Waals surface area contributed by atoms with E-state index in [-0.39, 0.29) is 10.8 Å². The fraction of sp³-hybridized carbons (Fsp3) is 0.696. The standard InChI is InChI=1S/C23H33O3Si/c1-22(2,3)18-7-6-17(21(24)25)20(26-27(4)5)19(18)23-11-14-8-15(12-23)10-16(9-14)13-23/h6-7,14-16H,8-13H2,1-5H3,(H,24,25). The number of hydrogen-bond acceptors (Lipinski definition) is 2. The second kappa shape index (κ2) is 6.37. The van der Waals surface area contributed by atoms with E-state index in [9.17, 15) is 9.90 Å². The summed E-state index contributed by atoms with van der Waals surface area (Å²) in [6.07, 6.45) is 7.81. The molecular formula is C23H33O3Si. The van der Waals surface area contributed by atoms with E-state index < -0.39 is 15.0 Å². The highest BCUT2D eigenvalue weighted by molar-refractivity contribution is 6.49. The molecule has 0 atom stereocenters. The van der Waals surface area contributed by atoms with E-state index in [0.717, 1.165) is 17.8 Å². The molecule has 4 bridgehead atoms.